The predicted molar refractivity (Wildman–Crippen MR) is 84.2 cm³/mol. The zero-order chi connectivity index (χ0) is 14.3. The Morgan fingerprint density at radius 2 is 1.63 bits per heavy atom. The minimum Gasteiger partial charge on any atom is -0.328 e. The molecule has 0 amide bonds. The fourth-order valence-corrected chi connectivity index (χ4v) is 2.33. The van der Waals surface area contributed by atoms with Crippen LogP contribution in [0.25, 0.3) is 0 Å². The molecule has 108 valence electrons. The lowest BCUT2D eigenvalue weighted by atomic mass is 10.0. The molecule has 0 aliphatic carbocycles. The maximum Gasteiger partial charge on any atom is 0.0230 e. The lowest BCUT2D eigenvalue weighted by Crippen LogP contribution is -2.22. The van der Waals surface area contributed by atoms with Crippen molar-refractivity contribution < 1.29 is 0 Å². The average Bonchev–Trinajstić information content (AvgIpc) is 2.30. The number of benzene rings is 1. The summed E-state index contributed by atoms with van der Waals surface area (Å²) in [5.41, 5.74) is 8.61. The van der Waals surface area contributed by atoms with Crippen molar-refractivity contribution in [1.82, 2.24) is 4.90 Å². The molecule has 1 rings (SSSR count). The van der Waals surface area contributed by atoms with Gasteiger partial charge in [-0.25, -0.2) is 0 Å². The second-order valence-corrected chi connectivity index (χ2v) is 6.27. The lowest BCUT2D eigenvalue weighted by molar-refractivity contribution is 0.315. The van der Waals surface area contributed by atoms with E-state index in [0.29, 0.717) is 6.04 Å². The predicted octanol–water partition coefficient (Wildman–Crippen LogP) is 3.44. The molecule has 0 aromatic heterocycles. The molecular weight excluding hydrogens is 232 g/mol. The van der Waals surface area contributed by atoms with Gasteiger partial charge in [0.1, 0.15) is 0 Å². The molecule has 1 unspecified atom stereocenters. The summed E-state index contributed by atoms with van der Waals surface area (Å²) in [7, 11) is 2.18. The molecular formula is C17H30N2. The Morgan fingerprint density at radius 1 is 1.05 bits per heavy atom. The summed E-state index contributed by atoms with van der Waals surface area (Å²) in [5, 5.41) is 0. The Kier molecular flexibility index (Phi) is 7.11. The average molecular weight is 262 g/mol. The molecule has 2 N–H and O–H groups in total. The van der Waals surface area contributed by atoms with Crippen LogP contribution in [0.2, 0.25) is 0 Å². The van der Waals surface area contributed by atoms with Crippen molar-refractivity contribution >= 4 is 0 Å². The van der Waals surface area contributed by atoms with Crippen molar-refractivity contribution in [2.75, 3.05) is 13.6 Å². The van der Waals surface area contributed by atoms with E-state index < -0.39 is 0 Å². The van der Waals surface area contributed by atoms with Gasteiger partial charge in [-0.3, -0.25) is 0 Å². The molecule has 2 heteroatoms. The van der Waals surface area contributed by atoms with Crippen molar-refractivity contribution in [3.05, 3.63) is 35.4 Å². The molecule has 1 aromatic carbocycles. The first-order valence-corrected chi connectivity index (χ1v) is 7.49. The maximum atomic E-state index is 5.77. The lowest BCUT2D eigenvalue weighted by Gasteiger charge is -2.17. The second-order valence-electron chi connectivity index (χ2n) is 6.27. The van der Waals surface area contributed by atoms with Gasteiger partial charge < -0.3 is 10.6 Å². The van der Waals surface area contributed by atoms with E-state index in [1.165, 1.54) is 24.0 Å². The van der Waals surface area contributed by atoms with Crippen LogP contribution in [0.1, 0.15) is 44.7 Å². The quantitative estimate of drug-likeness (QED) is 0.777. The Bertz CT molecular complexity index is 341. The minimum atomic E-state index is 0.323. The van der Waals surface area contributed by atoms with E-state index in [1.54, 1.807) is 0 Å². The van der Waals surface area contributed by atoms with E-state index in [9.17, 15) is 0 Å². The van der Waals surface area contributed by atoms with Crippen LogP contribution < -0.4 is 5.73 Å². The molecule has 1 aromatic rings. The topological polar surface area (TPSA) is 29.3 Å². The van der Waals surface area contributed by atoms with Gasteiger partial charge in [-0.1, -0.05) is 38.1 Å². The number of rotatable bonds is 8. The van der Waals surface area contributed by atoms with E-state index in [-0.39, 0.29) is 0 Å². The van der Waals surface area contributed by atoms with Gasteiger partial charge in [0.2, 0.25) is 0 Å². The summed E-state index contributed by atoms with van der Waals surface area (Å²) in [4.78, 5) is 2.37. The highest BCUT2D eigenvalue weighted by atomic mass is 15.1. The van der Waals surface area contributed by atoms with Gasteiger partial charge in [-0.15, -0.1) is 0 Å². The van der Waals surface area contributed by atoms with E-state index in [2.05, 4.69) is 57.0 Å². The van der Waals surface area contributed by atoms with Gasteiger partial charge in [0.25, 0.3) is 0 Å². The highest BCUT2D eigenvalue weighted by Crippen LogP contribution is 2.11. The summed E-state index contributed by atoms with van der Waals surface area (Å²) in [6.07, 6.45) is 3.46. The van der Waals surface area contributed by atoms with Gasteiger partial charge in [-0.2, -0.15) is 0 Å². The fourth-order valence-electron chi connectivity index (χ4n) is 2.33. The number of hydrogen-bond donors (Lipinski definition) is 1. The molecule has 0 saturated carbocycles. The molecule has 19 heavy (non-hydrogen) atoms. The Hall–Kier alpha value is -0.860. The molecule has 0 bridgehead atoms. The molecule has 0 saturated heterocycles. The highest BCUT2D eigenvalue weighted by Gasteiger charge is 2.03. The first-order valence-electron chi connectivity index (χ1n) is 7.49. The maximum absolute atomic E-state index is 5.77. The third-order valence-electron chi connectivity index (χ3n) is 3.32. The van der Waals surface area contributed by atoms with E-state index in [1.807, 2.05) is 0 Å². The summed E-state index contributed by atoms with van der Waals surface area (Å²) in [5.74, 6) is 0.728. The van der Waals surface area contributed by atoms with Gasteiger partial charge in [0.15, 0.2) is 0 Å². The Balaban J connectivity index is 2.35. The minimum absolute atomic E-state index is 0.323. The van der Waals surface area contributed by atoms with Crippen molar-refractivity contribution in [3.63, 3.8) is 0 Å². The van der Waals surface area contributed by atoms with E-state index >= 15 is 0 Å². The summed E-state index contributed by atoms with van der Waals surface area (Å²) >= 11 is 0. The first-order chi connectivity index (χ1) is 8.97. The molecule has 0 aliphatic heterocycles. The fraction of sp³-hybridized carbons (Fsp3) is 0.647. The molecule has 0 aliphatic rings. The molecule has 0 fully saturated rings. The third kappa shape index (κ3) is 7.34. The van der Waals surface area contributed by atoms with Crippen LogP contribution in [0.5, 0.6) is 0 Å². The Labute approximate surface area is 119 Å². The van der Waals surface area contributed by atoms with Gasteiger partial charge in [-0.05, 0) is 56.8 Å². The van der Waals surface area contributed by atoms with Crippen molar-refractivity contribution in [1.29, 1.82) is 0 Å². The van der Waals surface area contributed by atoms with E-state index in [0.717, 1.165) is 25.4 Å². The van der Waals surface area contributed by atoms with Crippen LogP contribution in [0.15, 0.2) is 24.3 Å². The zero-order valence-electron chi connectivity index (χ0n) is 13.0. The van der Waals surface area contributed by atoms with Crippen LogP contribution in [0, 0.1) is 5.92 Å². The van der Waals surface area contributed by atoms with Gasteiger partial charge in [0, 0.05) is 12.6 Å². The molecule has 0 radical (unpaired) electrons. The van der Waals surface area contributed by atoms with Crippen LogP contribution in [0.4, 0.5) is 0 Å². The van der Waals surface area contributed by atoms with Crippen molar-refractivity contribution in [2.45, 2.75) is 52.6 Å². The SMILES string of the molecule is CC(C)Cc1ccc(CN(C)CCCC(C)N)cc1. The first kappa shape index (κ1) is 16.2. The van der Waals surface area contributed by atoms with Crippen LogP contribution in [-0.2, 0) is 13.0 Å². The number of hydrogen-bond acceptors (Lipinski definition) is 2. The van der Waals surface area contributed by atoms with Crippen molar-refractivity contribution in [2.24, 2.45) is 11.7 Å². The van der Waals surface area contributed by atoms with Gasteiger partial charge in [0.05, 0.1) is 0 Å². The Morgan fingerprint density at radius 3 is 2.16 bits per heavy atom. The molecule has 2 nitrogen and oxygen atoms in total. The monoisotopic (exact) mass is 262 g/mol. The van der Waals surface area contributed by atoms with Crippen LogP contribution in [0.3, 0.4) is 0 Å². The normalized spacial score (nSPS) is 13.2. The zero-order valence-corrected chi connectivity index (χ0v) is 13.0. The smallest absolute Gasteiger partial charge is 0.0230 e. The molecule has 1 atom stereocenters. The van der Waals surface area contributed by atoms with Gasteiger partial charge >= 0.3 is 0 Å². The summed E-state index contributed by atoms with van der Waals surface area (Å²) < 4.78 is 0. The molecule has 0 heterocycles. The summed E-state index contributed by atoms with van der Waals surface area (Å²) in [6.45, 7) is 8.75. The molecule has 0 spiro atoms. The summed E-state index contributed by atoms with van der Waals surface area (Å²) in [6, 6.07) is 9.39. The van der Waals surface area contributed by atoms with Crippen LogP contribution >= 0.6 is 0 Å². The second kappa shape index (κ2) is 8.34. The number of nitrogens with zero attached hydrogens (tertiary/aromatic N) is 1. The van der Waals surface area contributed by atoms with Crippen molar-refractivity contribution in [3.8, 4) is 0 Å². The standard InChI is InChI=1S/C17H30N2/c1-14(2)12-16-7-9-17(10-8-16)13-19(4)11-5-6-15(3)18/h7-10,14-15H,5-6,11-13,18H2,1-4H3. The largest absolute Gasteiger partial charge is 0.328 e. The number of nitrogens with two attached hydrogens (primary N) is 1. The third-order valence-corrected chi connectivity index (χ3v) is 3.32. The highest BCUT2D eigenvalue weighted by molar-refractivity contribution is 5.22. The van der Waals surface area contributed by atoms with E-state index in [4.69, 9.17) is 5.73 Å². The van der Waals surface area contributed by atoms with Crippen LogP contribution in [-0.4, -0.2) is 24.5 Å².